The Morgan fingerprint density at radius 2 is 2.19 bits per heavy atom. The third-order valence-corrected chi connectivity index (χ3v) is 1.81. The lowest BCUT2D eigenvalue weighted by Crippen LogP contribution is -2.17. The number of hydrogen-bond donors (Lipinski definition) is 4. The van der Waals surface area contributed by atoms with E-state index in [9.17, 15) is 4.79 Å². The van der Waals surface area contributed by atoms with E-state index in [0.29, 0.717) is 23.9 Å². The molecule has 0 atom stereocenters. The van der Waals surface area contributed by atoms with Gasteiger partial charge < -0.3 is 21.2 Å². The summed E-state index contributed by atoms with van der Waals surface area (Å²) in [7, 11) is 1.47. The van der Waals surface area contributed by atoms with Gasteiger partial charge in [0.2, 0.25) is 11.7 Å². The summed E-state index contributed by atoms with van der Waals surface area (Å²) in [6.07, 6.45) is 1.53. The Morgan fingerprint density at radius 3 is 2.75 bits per heavy atom. The first-order valence-corrected chi connectivity index (χ1v) is 4.56. The summed E-state index contributed by atoms with van der Waals surface area (Å²) in [5.74, 6) is 6.05. The molecule has 0 radical (unpaired) electrons. The smallest absolute Gasteiger partial charge is 0.219 e. The first-order chi connectivity index (χ1) is 7.69. The molecule has 16 heavy (non-hydrogen) atoms. The molecule has 6 N–H and O–H groups in total. The standard InChI is InChI=1S/C8H14N6O2/c1-16-6-7(11-3-2-5(9)15)12-4-13-8(6)14-10/h4H,2-3,10H2,1H3,(H2,9,15)(H2,11,12,13,14). The fraction of sp³-hybridized carbons (Fsp3) is 0.375. The van der Waals surface area contributed by atoms with Crippen LogP contribution in [0, 0.1) is 0 Å². The van der Waals surface area contributed by atoms with Crippen LogP contribution in [0.25, 0.3) is 0 Å². The maximum atomic E-state index is 10.6. The molecule has 0 aliphatic heterocycles. The van der Waals surface area contributed by atoms with Crippen LogP contribution in [0.15, 0.2) is 6.33 Å². The van der Waals surface area contributed by atoms with Crippen LogP contribution in [0.5, 0.6) is 5.75 Å². The van der Waals surface area contributed by atoms with E-state index < -0.39 is 5.91 Å². The zero-order valence-corrected chi connectivity index (χ0v) is 8.86. The minimum absolute atomic E-state index is 0.207. The number of ether oxygens (including phenoxy) is 1. The van der Waals surface area contributed by atoms with Crippen molar-refractivity contribution in [2.75, 3.05) is 24.4 Å². The zero-order valence-electron chi connectivity index (χ0n) is 8.86. The van der Waals surface area contributed by atoms with Crippen molar-refractivity contribution in [1.82, 2.24) is 9.97 Å². The number of nitrogens with one attached hydrogen (secondary N) is 2. The molecule has 8 nitrogen and oxygen atoms in total. The van der Waals surface area contributed by atoms with E-state index >= 15 is 0 Å². The van der Waals surface area contributed by atoms with Crippen LogP contribution < -0.4 is 27.1 Å². The molecule has 0 saturated heterocycles. The summed E-state index contributed by atoms with van der Waals surface area (Å²) in [5.41, 5.74) is 7.39. The number of carbonyl (C=O) groups excluding carboxylic acids is 1. The second kappa shape index (κ2) is 5.71. The topological polar surface area (TPSA) is 128 Å². The number of anilines is 2. The highest BCUT2D eigenvalue weighted by Crippen LogP contribution is 2.27. The van der Waals surface area contributed by atoms with Crippen LogP contribution in [0.3, 0.4) is 0 Å². The number of hydrazine groups is 1. The van der Waals surface area contributed by atoms with Crippen molar-refractivity contribution in [1.29, 1.82) is 0 Å². The quantitative estimate of drug-likeness (QED) is 0.364. The van der Waals surface area contributed by atoms with Gasteiger partial charge in [-0.1, -0.05) is 0 Å². The van der Waals surface area contributed by atoms with Gasteiger partial charge in [-0.3, -0.25) is 4.79 Å². The molecule has 8 heteroatoms. The third-order valence-electron chi connectivity index (χ3n) is 1.81. The Balaban J connectivity index is 2.74. The molecule has 1 rings (SSSR count). The van der Waals surface area contributed by atoms with Crippen LogP contribution in [-0.4, -0.2) is 29.5 Å². The molecule has 1 aromatic heterocycles. The van der Waals surface area contributed by atoms with Gasteiger partial charge in [-0.15, -0.1) is 0 Å². The average Bonchev–Trinajstić information content (AvgIpc) is 2.28. The van der Waals surface area contributed by atoms with Gasteiger partial charge in [-0.25, -0.2) is 15.8 Å². The number of hydrogen-bond acceptors (Lipinski definition) is 7. The lowest BCUT2D eigenvalue weighted by molar-refractivity contribution is -0.117. The Labute approximate surface area is 92.4 Å². The highest BCUT2D eigenvalue weighted by molar-refractivity contribution is 5.74. The van der Waals surface area contributed by atoms with Gasteiger partial charge in [0.1, 0.15) is 6.33 Å². The second-order valence-corrected chi connectivity index (χ2v) is 2.89. The van der Waals surface area contributed by atoms with E-state index in [-0.39, 0.29) is 6.42 Å². The fourth-order valence-electron chi connectivity index (χ4n) is 1.10. The van der Waals surface area contributed by atoms with Gasteiger partial charge in [0.25, 0.3) is 0 Å². The second-order valence-electron chi connectivity index (χ2n) is 2.89. The number of methoxy groups -OCH3 is 1. The van der Waals surface area contributed by atoms with E-state index in [1.54, 1.807) is 0 Å². The number of nitrogens with zero attached hydrogens (tertiary/aromatic N) is 2. The lowest BCUT2D eigenvalue weighted by Gasteiger charge is -2.11. The Hall–Kier alpha value is -2.09. The van der Waals surface area contributed by atoms with Crippen molar-refractivity contribution >= 4 is 17.5 Å². The minimum Gasteiger partial charge on any atom is -0.490 e. The minimum atomic E-state index is -0.391. The van der Waals surface area contributed by atoms with Gasteiger partial charge >= 0.3 is 0 Å². The Bertz CT molecular complexity index is 370. The number of nitrogens with two attached hydrogens (primary N) is 2. The molecule has 1 heterocycles. The summed E-state index contributed by atoms with van der Waals surface area (Å²) in [6.45, 7) is 0.368. The van der Waals surface area contributed by atoms with Gasteiger partial charge in [0, 0.05) is 13.0 Å². The first kappa shape index (κ1) is 12.0. The molecular weight excluding hydrogens is 212 g/mol. The van der Waals surface area contributed by atoms with Crippen molar-refractivity contribution in [2.45, 2.75) is 6.42 Å². The molecule has 0 aliphatic carbocycles. The molecule has 1 amide bonds. The van der Waals surface area contributed by atoms with Gasteiger partial charge in [-0.2, -0.15) is 0 Å². The summed E-state index contributed by atoms with van der Waals surface area (Å²) >= 11 is 0. The summed E-state index contributed by atoms with van der Waals surface area (Å²) < 4.78 is 5.08. The Kier molecular flexibility index (Phi) is 4.28. The van der Waals surface area contributed by atoms with E-state index in [1.807, 2.05) is 0 Å². The average molecular weight is 226 g/mol. The fourth-order valence-corrected chi connectivity index (χ4v) is 1.10. The molecule has 0 spiro atoms. The van der Waals surface area contributed by atoms with E-state index in [2.05, 4.69) is 20.7 Å². The van der Waals surface area contributed by atoms with E-state index in [1.165, 1.54) is 13.4 Å². The number of amides is 1. The summed E-state index contributed by atoms with van der Waals surface area (Å²) in [6, 6.07) is 0. The van der Waals surface area contributed by atoms with Crippen LogP contribution in [0.4, 0.5) is 11.6 Å². The molecule has 0 aliphatic rings. The number of nitrogen functional groups attached to an aromatic ring is 1. The number of carbonyl (C=O) groups is 1. The van der Waals surface area contributed by atoms with E-state index in [0.717, 1.165) is 0 Å². The summed E-state index contributed by atoms with van der Waals surface area (Å²) in [4.78, 5) is 18.4. The monoisotopic (exact) mass is 226 g/mol. The molecule has 88 valence electrons. The first-order valence-electron chi connectivity index (χ1n) is 4.56. The number of aromatic nitrogens is 2. The molecule has 0 bridgehead atoms. The predicted molar refractivity (Wildman–Crippen MR) is 58.7 cm³/mol. The van der Waals surface area contributed by atoms with Crippen LogP contribution in [-0.2, 0) is 4.79 Å². The molecule has 0 saturated carbocycles. The summed E-state index contributed by atoms with van der Waals surface area (Å²) in [5, 5.41) is 2.90. The molecular formula is C8H14N6O2. The van der Waals surface area contributed by atoms with Crippen molar-refractivity contribution in [2.24, 2.45) is 11.6 Å². The SMILES string of the molecule is COc1c(NN)ncnc1NCCC(N)=O. The molecule has 0 unspecified atom stereocenters. The van der Waals surface area contributed by atoms with Crippen molar-refractivity contribution in [3.8, 4) is 5.75 Å². The number of rotatable bonds is 6. The van der Waals surface area contributed by atoms with Crippen LogP contribution in [0.1, 0.15) is 6.42 Å². The van der Waals surface area contributed by atoms with Crippen molar-refractivity contribution in [3.63, 3.8) is 0 Å². The number of primary amides is 1. The van der Waals surface area contributed by atoms with Crippen LogP contribution in [0.2, 0.25) is 0 Å². The largest absolute Gasteiger partial charge is 0.490 e. The zero-order chi connectivity index (χ0) is 12.0. The van der Waals surface area contributed by atoms with Gasteiger partial charge in [0.15, 0.2) is 11.6 Å². The van der Waals surface area contributed by atoms with Gasteiger partial charge in [0.05, 0.1) is 7.11 Å². The van der Waals surface area contributed by atoms with Crippen molar-refractivity contribution < 1.29 is 9.53 Å². The third kappa shape index (κ3) is 2.95. The molecule has 0 fully saturated rings. The lowest BCUT2D eigenvalue weighted by atomic mass is 10.4. The Morgan fingerprint density at radius 1 is 1.50 bits per heavy atom. The van der Waals surface area contributed by atoms with Crippen molar-refractivity contribution in [3.05, 3.63) is 6.33 Å². The van der Waals surface area contributed by atoms with Crippen LogP contribution >= 0.6 is 0 Å². The maximum Gasteiger partial charge on any atom is 0.219 e. The normalized spacial score (nSPS) is 9.62. The molecule has 0 aromatic carbocycles. The van der Waals surface area contributed by atoms with E-state index in [4.69, 9.17) is 16.3 Å². The highest BCUT2D eigenvalue weighted by atomic mass is 16.5. The molecule has 1 aromatic rings. The maximum absolute atomic E-state index is 10.6. The predicted octanol–water partition coefficient (Wildman–Crippen LogP) is -0.942. The van der Waals surface area contributed by atoms with Gasteiger partial charge in [-0.05, 0) is 0 Å². The highest BCUT2D eigenvalue weighted by Gasteiger charge is 2.10.